The smallest absolute Gasteiger partial charge is 0.406 e. The quantitative estimate of drug-likeness (QED) is 0.363. The van der Waals surface area contributed by atoms with Gasteiger partial charge in [-0.2, -0.15) is 0 Å². The van der Waals surface area contributed by atoms with E-state index in [0.717, 1.165) is 11.1 Å². The van der Waals surface area contributed by atoms with Gasteiger partial charge in [0.05, 0.1) is 16.1 Å². The zero-order valence-electron chi connectivity index (χ0n) is 20.0. The van der Waals surface area contributed by atoms with Crippen LogP contribution in [0.25, 0.3) is 10.9 Å². The third-order valence-corrected chi connectivity index (χ3v) is 7.62. The molecule has 1 aromatic heterocycles. The molecule has 10 heteroatoms. The number of ketones is 1. The summed E-state index contributed by atoms with van der Waals surface area (Å²) in [6.07, 6.45) is -3.91. The van der Waals surface area contributed by atoms with E-state index in [1.807, 2.05) is 13.0 Å². The van der Waals surface area contributed by atoms with Crippen molar-refractivity contribution in [1.29, 1.82) is 0 Å². The Labute approximate surface area is 216 Å². The minimum Gasteiger partial charge on any atom is -0.406 e. The molecule has 192 valence electrons. The molecule has 5 nitrogen and oxygen atoms in total. The number of amides is 1. The van der Waals surface area contributed by atoms with Crippen molar-refractivity contribution < 1.29 is 27.5 Å². The molecular weight excluding hydrogens is 516 g/mol. The van der Waals surface area contributed by atoms with Crippen LogP contribution < -0.4 is 4.74 Å². The lowest BCUT2D eigenvalue weighted by molar-refractivity contribution is -0.274. The molecule has 2 atom stereocenters. The number of rotatable bonds is 5. The van der Waals surface area contributed by atoms with E-state index in [2.05, 4.69) is 4.74 Å². The van der Waals surface area contributed by atoms with Crippen LogP contribution in [0, 0.1) is 11.8 Å². The maximum atomic E-state index is 13.3. The molecule has 1 fully saturated rings. The number of nitrogens with zero attached hydrogens (tertiary/aromatic N) is 2. The summed E-state index contributed by atoms with van der Waals surface area (Å²) in [5.41, 5.74) is 2.17. The lowest BCUT2D eigenvalue weighted by Gasteiger charge is -2.36. The van der Waals surface area contributed by atoms with Crippen LogP contribution >= 0.6 is 23.2 Å². The van der Waals surface area contributed by atoms with Gasteiger partial charge in [-0.25, -0.2) is 0 Å². The van der Waals surface area contributed by atoms with Gasteiger partial charge in [-0.15, -0.1) is 13.2 Å². The molecule has 1 saturated heterocycles. The molecule has 2 aromatic carbocycles. The van der Waals surface area contributed by atoms with Gasteiger partial charge in [0.1, 0.15) is 11.5 Å². The van der Waals surface area contributed by atoms with E-state index >= 15 is 0 Å². The number of alkyl halides is 3. The third-order valence-electron chi connectivity index (χ3n) is 6.84. The van der Waals surface area contributed by atoms with Gasteiger partial charge in [0.15, 0.2) is 0 Å². The summed E-state index contributed by atoms with van der Waals surface area (Å²) in [6.45, 7) is 4.47. The van der Waals surface area contributed by atoms with Crippen LogP contribution in [0.1, 0.15) is 41.9 Å². The van der Waals surface area contributed by atoms with Crippen molar-refractivity contribution >= 4 is 45.8 Å². The summed E-state index contributed by atoms with van der Waals surface area (Å²) >= 11 is 13.2. The molecule has 0 radical (unpaired) electrons. The van der Waals surface area contributed by atoms with Gasteiger partial charge in [0.2, 0.25) is 0 Å². The maximum absolute atomic E-state index is 13.3. The zero-order chi connectivity index (χ0) is 26.4. The predicted octanol–water partition coefficient (Wildman–Crippen LogP) is 6.66. The SMILES string of the molecule is CC(=O)C1CCN(C(=O)c2ccc(Cl)c(Cc3cc4ccc(OC(F)(F)F)cc4n3C)c2Cl)CC1C. The molecule has 36 heavy (non-hydrogen) atoms. The number of hydrogen-bond donors (Lipinski definition) is 0. The first-order chi connectivity index (χ1) is 16.9. The number of carbonyl (C=O) groups is 2. The van der Waals surface area contributed by atoms with E-state index in [-0.39, 0.29) is 40.7 Å². The summed E-state index contributed by atoms with van der Waals surface area (Å²) < 4.78 is 43.7. The number of benzene rings is 2. The van der Waals surface area contributed by atoms with Gasteiger partial charge < -0.3 is 14.2 Å². The Morgan fingerprint density at radius 1 is 1.14 bits per heavy atom. The van der Waals surface area contributed by atoms with Crippen LogP contribution in [0.15, 0.2) is 36.4 Å². The van der Waals surface area contributed by atoms with Crippen LogP contribution in [0.3, 0.4) is 0 Å². The first-order valence-corrected chi connectivity index (χ1v) is 12.2. The monoisotopic (exact) mass is 540 g/mol. The molecule has 4 rings (SSSR count). The van der Waals surface area contributed by atoms with Crippen LogP contribution in [-0.4, -0.2) is 40.6 Å². The van der Waals surface area contributed by atoms with Crippen LogP contribution in [0.2, 0.25) is 10.0 Å². The van der Waals surface area contributed by atoms with E-state index in [9.17, 15) is 22.8 Å². The molecule has 0 spiro atoms. The van der Waals surface area contributed by atoms with Gasteiger partial charge in [-0.05, 0) is 55.2 Å². The fourth-order valence-electron chi connectivity index (χ4n) is 4.94. The van der Waals surface area contributed by atoms with Crippen molar-refractivity contribution in [3.8, 4) is 5.75 Å². The molecule has 0 aliphatic carbocycles. The Hall–Kier alpha value is -2.71. The summed E-state index contributed by atoms with van der Waals surface area (Å²) in [5, 5.41) is 1.34. The molecule has 1 aliphatic heterocycles. The van der Waals surface area contributed by atoms with Crippen molar-refractivity contribution in [3.63, 3.8) is 0 Å². The second-order valence-corrected chi connectivity index (χ2v) is 10.0. The molecule has 3 aromatic rings. The number of fused-ring (bicyclic) bond motifs is 1. The molecule has 1 aliphatic rings. The molecule has 0 saturated carbocycles. The first kappa shape index (κ1) is 26.4. The predicted molar refractivity (Wildman–Crippen MR) is 133 cm³/mol. The van der Waals surface area contributed by atoms with E-state index in [4.69, 9.17) is 23.2 Å². The highest BCUT2D eigenvalue weighted by Gasteiger charge is 2.33. The first-order valence-electron chi connectivity index (χ1n) is 11.5. The number of Topliss-reactive ketones (excluding diaryl/α,β-unsaturated/α-hetero) is 1. The number of piperidine rings is 1. The number of carbonyl (C=O) groups excluding carboxylic acids is 2. The summed E-state index contributed by atoms with van der Waals surface area (Å²) in [6, 6.07) is 9.19. The highest BCUT2D eigenvalue weighted by Crippen LogP contribution is 2.34. The normalized spacial score (nSPS) is 18.5. The van der Waals surface area contributed by atoms with E-state index < -0.39 is 6.36 Å². The Morgan fingerprint density at radius 3 is 2.50 bits per heavy atom. The molecule has 2 heterocycles. The Kier molecular flexibility index (Phi) is 7.30. The van der Waals surface area contributed by atoms with Crippen molar-refractivity contribution in [2.45, 2.75) is 33.1 Å². The van der Waals surface area contributed by atoms with Gasteiger partial charge in [-0.3, -0.25) is 9.59 Å². The lowest BCUT2D eigenvalue weighted by atomic mass is 9.84. The van der Waals surface area contributed by atoms with Gasteiger partial charge in [0, 0.05) is 54.6 Å². The second kappa shape index (κ2) is 9.98. The van der Waals surface area contributed by atoms with Crippen molar-refractivity contribution in [2.75, 3.05) is 13.1 Å². The standard InChI is InChI=1S/C26H25Cl2F3N2O3/c1-14-13-33(9-8-19(14)15(2)34)25(35)20-6-7-22(27)21(24(20)28)11-17-10-16-4-5-18(36-26(29,30)31)12-23(16)32(17)3/h4-7,10,12,14,19H,8-9,11,13H2,1-3H3. The van der Waals surface area contributed by atoms with E-state index in [1.54, 1.807) is 41.6 Å². The minimum absolute atomic E-state index is 0.0489. The topological polar surface area (TPSA) is 51.5 Å². The maximum Gasteiger partial charge on any atom is 0.573 e. The fourth-order valence-corrected chi connectivity index (χ4v) is 5.53. The van der Waals surface area contributed by atoms with Crippen molar-refractivity contribution in [3.05, 3.63) is 63.3 Å². The third kappa shape index (κ3) is 5.34. The average Bonchev–Trinajstić information content (AvgIpc) is 3.09. The summed E-state index contributed by atoms with van der Waals surface area (Å²) in [4.78, 5) is 26.9. The van der Waals surface area contributed by atoms with E-state index in [0.29, 0.717) is 41.2 Å². The van der Waals surface area contributed by atoms with Crippen molar-refractivity contribution in [1.82, 2.24) is 9.47 Å². The highest BCUT2D eigenvalue weighted by atomic mass is 35.5. The fraction of sp³-hybridized carbons (Fsp3) is 0.385. The number of ether oxygens (including phenoxy) is 1. The van der Waals surface area contributed by atoms with Crippen molar-refractivity contribution in [2.24, 2.45) is 18.9 Å². The molecule has 0 N–H and O–H groups in total. The average molecular weight is 541 g/mol. The largest absolute Gasteiger partial charge is 0.573 e. The molecule has 1 amide bonds. The number of aromatic nitrogens is 1. The van der Waals surface area contributed by atoms with Crippen LogP contribution in [0.5, 0.6) is 5.75 Å². The summed E-state index contributed by atoms with van der Waals surface area (Å²) in [7, 11) is 1.73. The van der Waals surface area contributed by atoms with Gasteiger partial charge in [-0.1, -0.05) is 30.1 Å². The van der Waals surface area contributed by atoms with Gasteiger partial charge >= 0.3 is 6.36 Å². The number of halogens is 5. The summed E-state index contributed by atoms with van der Waals surface area (Å²) in [5.74, 6) is -0.410. The lowest BCUT2D eigenvalue weighted by Crippen LogP contribution is -2.44. The zero-order valence-corrected chi connectivity index (χ0v) is 21.5. The number of aryl methyl sites for hydroxylation is 1. The second-order valence-electron chi connectivity index (χ2n) is 9.26. The molecule has 0 bridgehead atoms. The number of likely N-dealkylation sites (tertiary alicyclic amines) is 1. The van der Waals surface area contributed by atoms with Gasteiger partial charge in [0.25, 0.3) is 5.91 Å². The number of hydrogen-bond acceptors (Lipinski definition) is 3. The van der Waals surface area contributed by atoms with Crippen LogP contribution in [-0.2, 0) is 18.3 Å². The molecule has 2 unspecified atom stereocenters. The van der Waals surface area contributed by atoms with E-state index in [1.165, 1.54) is 12.1 Å². The Morgan fingerprint density at radius 2 is 1.86 bits per heavy atom. The highest BCUT2D eigenvalue weighted by molar-refractivity contribution is 6.38. The molecular formula is C26H25Cl2F3N2O3. The minimum atomic E-state index is -4.78. The Bertz CT molecular complexity index is 1340. The Balaban J connectivity index is 1.61. The van der Waals surface area contributed by atoms with Crippen LogP contribution in [0.4, 0.5) is 13.2 Å².